The fraction of sp³-hybridized carbons (Fsp3) is 0.429. The Kier molecular flexibility index (Phi) is 6.99. The van der Waals surface area contributed by atoms with Crippen molar-refractivity contribution < 1.29 is 13.7 Å². The molecule has 7 nitrogen and oxygen atoms in total. The highest BCUT2D eigenvalue weighted by atomic mass is 19.1. The zero-order valence-electron chi connectivity index (χ0n) is 20.4. The molecule has 8 heteroatoms. The number of benzene rings is 2. The quantitative estimate of drug-likeness (QED) is 0.494. The number of nitriles is 1. The summed E-state index contributed by atoms with van der Waals surface area (Å²) < 4.78 is 19.4. The normalized spacial score (nSPS) is 20.8. The van der Waals surface area contributed by atoms with Gasteiger partial charge in [-0.25, -0.2) is 9.18 Å². The third-order valence-electron chi connectivity index (χ3n) is 7.40. The molecule has 2 amide bonds. The predicted molar refractivity (Wildman–Crippen MR) is 132 cm³/mol. The fourth-order valence-electron chi connectivity index (χ4n) is 5.25. The molecule has 2 saturated heterocycles. The molecule has 0 radical (unpaired) electrons. The molecule has 36 heavy (non-hydrogen) atoms. The highest BCUT2D eigenvalue weighted by molar-refractivity contribution is 5.75. The number of rotatable bonds is 4. The van der Waals surface area contributed by atoms with Crippen LogP contribution in [0.2, 0.25) is 0 Å². The molecule has 2 unspecified atom stereocenters. The van der Waals surface area contributed by atoms with Gasteiger partial charge in [-0.15, -0.1) is 0 Å². The van der Waals surface area contributed by atoms with Crippen molar-refractivity contribution in [2.24, 2.45) is 5.92 Å². The van der Waals surface area contributed by atoms with Gasteiger partial charge in [0.15, 0.2) is 0 Å². The van der Waals surface area contributed by atoms with Crippen molar-refractivity contribution in [2.45, 2.75) is 44.4 Å². The van der Waals surface area contributed by atoms with Gasteiger partial charge in [0.05, 0.1) is 12.0 Å². The molecule has 0 bridgehead atoms. The Morgan fingerprint density at radius 3 is 2.56 bits per heavy atom. The summed E-state index contributed by atoms with van der Waals surface area (Å²) in [5, 5.41) is 13.3. The monoisotopic (exact) mass is 487 g/mol. The van der Waals surface area contributed by atoms with E-state index in [1.807, 2.05) is 9.80 Å². The van der Waals surface area contributed by atoms with Gasteiger partial charge in [0.1, 0.15) is 5.82 Å². The van der Waals surface area contributed by atoms with Crippen LogP contribution in [-0.2, 0) is 6.42 Å². The molecule has 2 aliphatic rings. The number of likely N-dealkylation sites (tertiary alicyclic amines) is 2. The second-order valence-electron chi connectivity index (χ2n) is 9.77. The lowest BCUT2D eigenvalue weighted by Crippen LogP contribution is -2.51. The minimum absolute atomic E-state index is 0.00358. The summed E-state index contributed by atoms with van der Waals surface area (Å²) in [7, 11) is 0. The smallest absolute Gasteiger partial charge is 0.320 e. The van der Waals surface area contributed by atoms with Gasteiger partial charge in [-0.05, 0) is 48.9 Å². The number of aryl methyl sites for hydroxylation is 1. The Morgan fingerprint density at radius 2 is 1.86 bits per heavy atom. The highest BCUT2D eigenvalue weighted by Gasteiger charge is 2.37. The van der Waals surface area contributed by atoms with Gasteiger partial charge in [0, 0.05) is 43.6 Å². The minimum Gasteiger partial charge on any atom is -0.339 e. The Balaban J connectivity index is 1.39. The summed E-state index contributed by atoms with van der Waals surface area (Å²) in [6.07, 6.45) is 3.17. The summed E-state index contributed by atoms with van der Waals surface area (Å²) in [6, 6.07) is 17.0. The SMILES string of the molecule is CCc1ccc(C2CC(c3nc(-c4cccc(F)c4)no3)CN(C(=O)N3CCC(C#N)CC3)C2)cc1. The molecule has 2 aromatic carbocycles. The predicted octanol–water partition coefficient (Wildman–Crippen LogP) is 5.37. The van der Waals surface area contributed by atoms with Gasteiger partial charge in [-0.1, -0.05) is 48.5 Å². The van der Waals surface area contributed by atoms with Gasteiger partial charge >= 0.3 is 6.03 Å². The Bertz CT molecular complexity index is 1240. The fourth-order valence-corrected chi connectivity index (χ4v) is 5.25. The van der Waals surface area contributed by atoms with Gasteiger partial charge in [0.2, 0.25) is 11.7 Å². The molecule has 0 N–H and O–H groups in total. The molecule has 2 aliphatic heterocycles. The van der Waals surface area contributed by atoms with Crippen molar-refractivity contribution in [3.05, 3.63) is 71.4 Å². The van der Waals surface area contributed by atoms with Gasteiger partial charge in [-0.3, -0.25) is 0 Å². The molecular weight excluding hydrogens is 457 g/mol. The molecule has 3 aromatic rings. The molecule has 1 aromatic heterocycles. The number of hydrogen-bond acceptors (Lipinski definition) is 5. The largest absolute Gasteiger partial charge is 0.339 e. The van der Waals surface area contributed by atoms with E-state index in [2.05, 4.69) is 47.4 Å². The number of halogens is 1. The first-order valence-electron chi connectivity index (χ1n) is 12.7. The Morgan fingerprint density at radius 1 is 1.11 bits per heavy atom. The van der Waals surface area contributed by atoms with Crippen molar-refractivity contribution in [1.82, 2.24) is 19.9 Å². The zero-order chi connectivity index (χ0) is 25.1. The molecular formula is C28H30FN5O2. The average molecular weight is 488 g/mol. The maximum absolute atomic E-state index is 13.7. The first-order valence-corrected chi connectivity index (χ1v) is 12.7. The molecule has 2 fully saturated rings. The highest BCUT2D eigenvalue weighted by Crippen LogP contribution is 2.37. The maximum Gasteiger partial charge on any atom is 0.320 e. The van der Waals surface area contributed by atoms with E-state index < -0.39 is 0 Å². The summed E-state index contributed by atoms with van der Waals surface area (Å²) >= 11 is 0. The number of urea groups is 1. The number of carbonyl (C=O) groups excluding carboxylic acids is 1. The zero-order valence-corrected chi connectivity index (χ0v) is 20.4. The molecule has 186 valence electrons. The van der Waals surface area contributed by atoms with Gasteiger partial charge in [0.25, 0.3) is 0 Å². The first-order chi connectivity index (χ1) is 17.5. The van der Waals surface area contributed by atoms with Crippen LogP contribution < -0.4 is 0 Å². The summed E-state index contributed by atoms with van der Waals surface area (Å²) in [5.74, 6) is 0.460. The van der Waals surface area contributed by atoms with E-state index in [0.717, 1.165) is 12.8 Å². The number of carbonyl (C=O) groups is 1. The molecule has 0 saturated carbocycles. The van der Waals surface area contributed by atoms with Crippen LogP contribution in [0.25, 0.3) is 11.4 Å². The van der Waals surface area contributed by atoms with Crippen LogP contribution in [0.1, 0.15) is 55.0 Å². The third kappa shape index (κ3) is 5.11. The second kappa shape index (κ2) is 10.5. The molecule has 5 rings (SSSR count). The van der Waals surface area contributed by atoms with Crippen molar-refractivity contribution in [3.8, 4) is 17.5 Å². The lowest BCUT2D eigenvalue weighted by molar-refractivity contribution is 0.116. The summed E-state index contributed by atoms with van der Waals surface area (Å²) in [5.41, 5.74) is 3.01. The van der Waals surface area contributed by atoms with E-state index in [9.17, 15) is 14.4 Å². The van der Waals surface area contributed by atoms with E-state index in [1.54, 1.807) is 12.1 Å². The number of aromatic nitrogens is 2. The minimum atomic E-state index is -0.357. The van der Waals surface area contributed by atoms with Crippen LogP contribution in [0.15, 0.2) is 53.1 Å². The molecule has 0 spiro atoms. The average Bonchev–Trinajstić information content (AvgIpc) is 3.43. The van der Waals surface area contributed by atoms with Crippen LogP contribution in [-0.4, -0.2) is 52.2 Å². The second-order valence-corrected chi connectivity index (χ2v) is 9.77. The topological polar surface area (TPSA) is 86.3 Å². The summed E-state index contributed by atoms with van der Waals surface area (Å²) in [6.45, 7) is 4.42. The van der Waals surface area contributed by atoms with Crippen molar-refractivity contribution >= 4 is 6.03 Å². The lowest BCUT2D eigenvalue weighted by Gasteiger charge is -2.40. The molecule has 2 atom stereocenters. The van der Waals surface area contributed by atoms with Crippen LogP contribution >= 0.6 is 0 Å². The first kappa shape index (κ1) is 24.0. The van der Waals surface area contributed by atoms with Gasteiger partial charge < -0.3 is 14.3 Å². The van der Waals surface area contributed by atoms with E-state index >= 15 is 0 Å². The van der Waals surface area contributed by atoms with Crippen LogP contribution in [0.4, 0.5) is 9.18 Å². The van der Waals surface area contributed by atoms with E-state index in [1.165, 1.54) is 23.3 Å². The number of hydrogen-bond donors (Lipinski definition) is 0. The molecule has 0 aliphatic carbocycles. The van der Waals surface area contributed by atoms with Crippen molar-refractivity contribution in [2.75, 3.05) is 26.2 Å². The van der Waals surface area contributed by atoms with Crippen LogP contribution in [0, 0.1) is 23.1 Å². The molecule has 3 heterocycles. The van der Waals surface area contributed by atoms with Crippen molar-refractivity contribution in [1.29, 1.82) is 5.26 Å². The number of nitrogens with zero attached hydrogens (tertiary/aromatic N) is 5. The van der Waals surface area contributed by atoms with Gasteiger partial charge in [-0.2, -0.15) is 10.2 Å². The summed E-state index contributed by atoms with van der Waals surface area (Å²) in [4.78, 5) is 21.9. The Hall–Kier alpha value is -3.73. The lowest BCUT2D eigenvalue weighted by atomic mass is 9.84. The van der Waals surface area contributed by atoms with Crippen LogP contribution in [0.3, 0.4) is 0 Å². The maximum atomic E-state index is 13.7. The van der Waals surface area contributed by atoms with E-state index in [-0.39, 0.29) is 29.6 Å². The van der Waals surface area contributed by atoms with Crippen LogP contribution in [0.5, 0.6) is 0 Å². The third-order valence-corrected chi connectivity index (χ3v) is 7.40. The Labute approximate surface area is 210 Å². The van der Waals surface area contributed by atoms with E-state index in [4.69, 9.17) is 4.52 Å². The number of amides is 2. The van der Waals surface area contributed by atoms with E-state index in [0.29, 0.717) is 56.3 Å². The van der Waals surface area contributed by atoms with Crippen molar-refractivity contribution in [3.63, 3.8) is 0 Å². The standard InChI is InChI=1S/C28H30FN5O2/c1-2-19-6-8-21(9-7-19)23-14-24(27-31-26(32-36-27)22-4-3-5-25(29)15-22)18-34(17-23)28(35)33-12-10-20(16-30)11-13-33/h3-9,15,20,23-24H,2,10-14,17-18H2,1H3. The number of piperidine rings is 2.